The summed E-state index contributed by atoms with van der Waals surface area (Å²) in [5.74, 6) is -0.188. The van der Waals surface area contributed by atoms with Crippen LogP contribution in [0.1, 0.15) is 245 Å². The molecule has 9 nitrogen and oxygen atoms in total. The maximum absolute atomic E-state index is 13.1. The second kappa shape index (κ2) is 49.2. The van der Waals surface area contributed by atoms with E-state index in [1.807, 2.05) is 6.08 Å². The van der Waals surface area contributed by atoms with Gasteiger partial charge in [-0.15, -0.1) is 0 Å². The summed E-state index contributed by atoms with van der Waals surface area (Å²) in [5.41, 5.74) is 0. The predicted molar refractivity (Wildman–Crippen MR) is 290 cm³/mol. The molecule has 400 valence electrons. The van der Waals surface area contributed by atoms with Crippen LogP contribution in [0.2, 0.25) is 0 Å². The van der Waals surface area contributed by atoms with Gasteiger partial charge < -0.3 is 40.3 Å². The molecule has 0 aromatic heterocycles. The van der Waals surface area contributed by atoms with Crippen molar-refractivity contribution < 1.29 is 39.8 Å². The van der Waals surface area contributed by atoms with Crippen LogP contribution in [0.25, 0.3) is 0 Å². The molecule has 7 atom stereocenters. The zero-order chi connectivity index (χ0) is 50.1. The van der Waals surface area contributed by atoms with E-state index in [1.165, 1.54) is 161 Å². The van der Waals surface area contributed by atoms with Gasteiger partial charge in [-0.2, -0.15) is 0 Å². The van der Waals surface area contributed by atoms with Crippen LogP contribution in [0.3, 0.4) is 0 Å². The van der Waals surface area contributed by atoms with Crippen molar-refractivity contribution in [2.24, 2.45) is 0 Å². The van der Waals surface area contributed by atoms with Crippen molar-refractivity contribution in [1.82, 2.24) is 5.32 Å². The lowest BCUT2D eigenvalue weighted by Gasteiger charge is -2.40. The zero-order valence-corrected chi connectivity index (χ0v) is 44.3. The fourth-order valence-electron chi connectivity index (χ4n) is 8.75. The van der Waals surface area contributed by atoms with E-state index < -0.39 is 49.5 Å². The molecule has 6 N–H and O–H groups in total. The highest BCUT2D eigenvalue weighted by molar-refractivity contribution is 5.76. The maximum atomic E-state index is 13.1. The molecule has 0 aromatic carbocycles. The lowest BCUT2D eigenvalue weighted by molar-refractivity contribution is -0.302. The first-order chi connectivity index (χ1) is 33.8. The van der Waals surface area contributed by atoms with Gasteiger partial charge in [-0.05, 0) is 70.6 Å². The highest BCUT2D eigenvalue weighted by atomic mass is 16.7. The Kier molecular flexibility index (Phi) is 46.1. The number of nitrogens with one attached hydrogen (secondary N) is 1. The Balaban J connectivity index is 2.23. The normalized spacial score (nSPS) is 20.0. The van der Waals surface area contributed by atoms with Crippen molar-refractivity contribution >= 4 is 5.91 Å². The summed E-state index contributed by atoms with van der Waals surface area (Å²) in [5, 5.41) is 54.5. The molecular weight excluding hydrogens is 863 g/mol. The Morgan fingerprint density at radius 2 is 0.913 bits per heavy atom. The quantitative estimate of drug-likeness (QED) is 0.0261. The molecule has 9 heteroatoms. The van der Waals surface area contributed by atoms with Crippen molar-refractivity contribution in [3.63, 3.8) is 0 Å². The van der Waals surface area contributed by atoms with Crippen LogP contribution in [0.5, 0.6) is 0 Å². The fraction of sp³-hybridized carbons (Fsp3) is 0.783. The molecule has 69 heavy (non-hydrogen) atoms. The summed E-state index contributed by atoms with van der Waals surface area (Å²) < 4.78 is 11.3. The minimum absolute atomic E-state index is 0.188. The molecule has 7 unspecified atom stereocenters. The Bertz CT molecular complexity index is 1310. The average Bonchev–Trinajstić information content (AvgIpc) is 3.35. The van der Waals surface area contributed by atoms with E-state index >= 15 is 0 Å². The number of carbonyl (C=O) groups is 1. The van der Waals surface area contributed by atoms with Crippen LogP contribution >= 0.6 is 0 Å². The van der Waals surface area contributed by atoms with E-state index in [-0.39, 0.29) is 12.5 Å². The molecular formula is C60H107NO8. The summed E-state index contributed by atoms with van der Waals surface area (Å²) in [6.07, 6.45) is 61.1. The van der Waals surface area contributed by atoms with Gasteiger partial charge in [0, 0.05) is 6.42 Å². The van der Waals surface area contributed by atoms with Gasteiger partial charge in [-0.25, -0.2) is 0 Å². The average molecular weight is 971 g/mol. The lowest BCUT2D eigenvalue weighted by Crippen LogP contribution is -2.60. The summed E-state index contributed by atoms with van der Waals surface area (Å²) in [6.45, 7) is 3.66. The summed E-state index contributed by atoms with van der Waals surface area (Å²) >= 11 is 0. The summed E-state index contributed by atoms with van der Waals surface area (Å²) in [6, 6.07) is -0.825. The fourth-order valence-corrected chi connectivity index (χ4v) is 8.75. The van der Waals surface area contributed by atoms with Crippen LogP contribution in [0.15, 0.2) is 72.9 Å². The van der Waals surface area contributed by atoms with Crippen molar-refractivity contribution in [2.45, 2.75) is 288 Å². The molecule has 1 saturated heterocycles. The van der Waals surface area contributed by atoms with E-state index in [2.05, 4.69) is 79.9 Å². The van der Waals surface area contributed by atoms with Gasteiger partial charge in [-0.1, -0.05) is 241 Å². The van der Waals surface area contributed by atoms with Gasteiger partial charge in [0.05, 0.1) is 25.4 Å². The van der Waals surface area contributed by atoms with Gasteiger partial charge >= 0.3 is 0 Å². The smallest absolute Gasteiger partial charge is 0.220 e. The molecule has 0 aliphatic carbocycles. The number of aliphatic hydroxyl groups is 5. The third-order valence-corrected chi connectivity index (χ3v) is 13.3. The van der Waals surface area contributed by atoms with Gasteiger partial charge in [-0.3, -0.25) is 4.79 Å². The third-order valence-electron chi connectivity index (χ3n) is 13.3. The molecule has 0 bridgehead atoms. The number of ether oxygens (including phenoxy) is 2. The topological polar surface area (TPSA) is 149 Å². The molecule has 1 aliphatic heterocycles. The van der Waals surface area contributed by atoms with Crippen LogP contribution < -0.4 is 5.32 Å². The minimum atomic E-state index is -1.57. The number of allylic oxidation sites excluding steroid dienone is 11. The Morgan fingerprint density at radius 1 is 0.507 bits per heavy atom. The van der Waals surface area contributed by atoms with E-state index in [0.717, 1.165) is 64.2 Å². The number of hydrogen-bond acceptors (Lipinski definition) is 8. The highest BCUT2D eigenvalue weighted by Gasteiger charge is 2.44. The van der Waals surface area contributed by atoms with Gasteiger partial charge in [0.25, 0.3) is 0 Å². The number of aliphatic hydroxyl groups excluding tert-OH is 5. The van der Waals surface area contributed by atoms with Crippen LogP contribution in [0, 0.1) is 0 Å². The Morgan fingerprint density at radius 3 is 1.39 bits per heavy atom. The van der Waals surface area contributed by atoms with Crippen molar-refractivity contribution in [2.75, 3.05) is 13.2 Å². The van der Waals surface area contributed by atoms with Gasteiger partial charge in [0.1, 0.15) is 24.4 Å². The van der Waals surface area contributed by atoms with E-state index in [0.29, 0.717) is 6.42 Å². The molecule has 0 aromatic rings. The Labute approximate surface area is 423 Å². The maximum Gasteiger partial charge on any atom is 0.220 e. The van der Waals surface area contributed by atoms with E-state index in [1.54, 1.807) is 6.08 Å². The first-order valence-electron chi connectivity index (χ1n) is 28.7. The standard InChI is InChI=1S/C60H107NO8/c1-3-5-7-9-11-13-15-17-19-21-23-24-25-26-27-28-29-30-32-34-36-38-40-42-44-46-48-50-56(64)61-53(52-68-60-59(67)58(66)57(65)55(51-62)69-60)54(63)49-47-45-43-41-39-37-35-33-31-22-20-18-16-14-12-10-8-6-4-2/h5,7,11,13,17,19,23-24,39,41,47,49,53-55,57-60,62-63,65-67H,3-4,6,8-10,12,14-16,18,20-22,25-38,40,42-46,48,50-52H2,1-2H3,(H,61,64)/b7-5-,13-11-,19-17-,24-23-,41-39+,49-47+. The third kappa shape index (κ3) is 38.9. The second-order valence-electron chi connectivity index (χ2n) is 19.7. The number of hydrogen-bond donors (Lipinski definition) is 6. The first-order valence-corrected chi connectivity index (χ1v) is 28.7. The van der Waals surface area contributed by atoms with Crippen molar-refractivity contribution in [1.29, 1.82) is 0 Å². The van der Waals surface area contributed by atoms with Gasteiger partial charge in [0.2, 0.25) is 5.91 Å². The first kappa shape index (κ1) is 64.6. The number of amides is 1. The van der Waals surface area contributed by atoms with Crippen LogP contribution in [0.4, 0.5) is 0 Å². The predicted octanol–water partition coefficient (Wildman–Crippen LogP) is 14.1. The molecule has 1 aliphatic rings. The van der Waals surface area contributed by atoms with Crippen LogP contribution in [-0.4, -0.2) is 87.5 Å². The van der Waals surface area contributed by atoms with Crippen molar-refractivity contribution in [3.8, 4) is 0 Å². The minimum Gasteiger partial charge on any atom is -0.394 e. The number of carbonyl (C=O) groups excluding carboxylic acids is 1. The lowest BCUT2D eigenvalue weighted by atomic mass is 9.99. The highest BCUT2D eigenvalue weighted by Crippen LogP contribution is 2.23. The molecule has 1 amide bonds. The molecule has 1 rings (SSSR count). The summed E-state index contributed by atoms with van der Waals surface area (Å²) in [4.78, 5) is 13.1. The van der Waals surface area contributed by atoms with E-state index in [4.69, 9.17) is 9.47 Å². The summed E-state index contributed by atoms with van der Waals surface area (Å²) in [7, 11) is 0. The SMILES string of the molecule is CC/C=C\C/C=C\C/C=C\C/C=C\CCCCCCCCCCCCCCCCC(=O)NC(COC1OC(CO)C(O)C(O)C1O)C(O)/C=C/CC/C=C/CCCCCCCCCCCCCCC. The molecule has 0 spiro atoms. The second-order valence-corrected chi connectivity index (χ2v) is 19.7. The monoisotopic (exact) mass is 970 g/mol. The molecule has 1 fully saturated rings. The van der Waals surface area contributed by atoms with Gasteiger partial charge in [0.15, 0.2) is 6.29 Å². The Hall–Kier alpha value is -2.37. The molecule has 0 radical (unpaired) electrons. The number of unbranched alkanes of at least 4 members (excludes halogenated alkanes) is 28. The largest absolute Gasteiger partial charge is 0.394 e. The molecule has 1 heterocycles. The number of rotatable bonds is 48. The van der Waals surface area contributed by atoms with E-state index in [9.17, 15) is 30.3 Å². The zero-order valence-electron chi connectivity index (χ0n) is 44.3. The van der Waals surface area contributed by atoms with Crippen LogP contribution in [-0.2, 0) is 14.3 Å². The van der Waals surface area contributed by atoms with Crippen molar-refractivity contribution in [3.05, 3.63) is 72.9 Å². The molecule has 0 saturated carbocycles.